The molecule has 0 heterocycles. The van der Waals surface area contributed by atoms with Gasteiger partial charge in [-0.1, -0.05) is 6.08 Å². The van der Waals surface area contributed by atoms with Crippen molar-refractivity contribution in [3.8, 4) is 0 Å². The SMILES string of the molecule is C=CCN(C)C(C)C.Cl. The summed E-state index contributed by atoms with van der Waals surface area (Å²) in [6.07, 6.45) is 1.92. The lowest BCUT2D eigenvalue weighted by Gasteiger charge is -2.17. The van der Waals surface area contributed by atoms with E-state index in [0.717, 1.165) is 6.54 Å². The van der Waals surface area contributed by atoms with Gasteiger partial charge in [0.05, 0.1) is 0 Å². The van der Waals surface area contributed by atoms with Crippen LogP contribution >= 0.6 is 12.4 Å². The molecule has 0 bridgehead atoms. The van der Waals surface area contributed by atoms with E-state index in [2.05, 4.69) is 32.4 Å². The average Bonchev–Trinajstić information content (AvgIpc) is 1.67. The fourth-order valence-corrected chi connectivity index (χ4v) is 0.414. The normalized spacial score (nSPS) is 9.44. The Bertz CT molecular complexity index is 71.3. The molecule has 0 aromatic rings. The highest BCUT2D eigenvalue weighted by molar-refractivity contribution is 5.85. The van der Waals surface area contributed by atoms with E-state index in [1.54, 1.807) is 0 Å². The molecule has 0 spiro atoms. The van der Waals surface area contributed by atoms with Crippen molar-refractivity contribution in [3.05, 3.63) is 12.7 Å². The predicted octanol–water partition coefficient (Wildman–Crippen LogP) is 1.93. The van der Waals surface area contributed by atoms with Crippen molar-refractivity contribution in [3.63, 3.8) is 0 Å². The first-order chi connectivity index (χ1) is 3.68. The zero-order valence-electron chi connectivity index (χ0n) is 6.42. The van der Waals surface area contributed by atoms with Gasteiger partial charge < -0.3 is 4.90 Å². The van der Waals surface area contributed by atoms with Gasteiger partial charge in [-0.15, -0.1) is 19.0 Å². The fraction of sp³-hybridized carbons (Fsp3) is 0.714. The third-order valence-electron chi connectivity index (χ3n) is 1.30. The third kappa shape index (κ3) is 5.87. The molecule has 0 N–H and O–H groups in total. The van der Waals surface area contributed by atoms with Gasteiger partial charge in [0.25, 0.3) is 0 Å². The minimum atomic E-state index is 0. The number of likely N-dealkylation sites (N-methyl/N-ethyl adjacent to an activating group) is 1. The van der Waals surface area contributed by atoms with E-state index in [1.807, 2.05) is 6.08 Å². The maximum Gasteiger partial charge on any atom is 0.0160 e. The summed E-state index contributed by atoms with van der Waals surface area (Å²) >= 11 is 0. The maximum atomic E-state index is 3.64. The molecule has 9 heavy (non-hydrogen) atoms. The Morgan fingerprint density at radius 1 is 1.56 bits per heavy atom. The summed E-state index contributed by atoms with van der Waals surface area (Å²) in [5.74, 6) is 0. The molecular formula is C7H16ClN. The van der Waals surface area contributed by atoms with Gasteiger partial charge in [0.2, 0.25) is 0 Å². The highest BCUT2D eigenvalue weighted by Gasteiger charge is 1.97. The van der Waals surface area contributed by atoms with Crippen molar-refractivity contribution >= 4 is 12.4 Å². The van der Waals surface area contributed by atoms with Gasteiger partial charge in [-0.3, -0.25) is 0 Å². The topological polar surface area (TPSA) is 3.24 Å². The van der Waals surface area contributed by atoms with Crippen LogP contribution < -0.4 is 0 Å². The molecule has 56 valence electrons. The molecule has 0 rings (SSSR count). The molecule has 0 saturated carbocycles. The Morgan fingerprint density at radius 2 is 2.00 bits per heavy atom. The molecule has 0 atom stereocenters. The van der Waals surface area contributed by atoms with Crippen molar-refractivity contribution < 1.29 is 0 Å². The second kappa shape index (κ2) is 6.12. The molecule has 0 unspecified atom stereocenters. The van der Waals surface area contributed by atoms with Gasteiger partial charge >= 0.3 is 0 Å². The minimum absolute atomic E-state index is 0. The molecule has 0 aliphatic heterocycles. The highest BCUT2D eigenvalue weighted by atomic mass is 35.5. The second-order valence-electron chi connectivity index (χ2n) is 2.32. The van der Waals surface area contributed by atoms with Crippen LogP contribution in [0.1, 0.15) is 13.8 Å². The summed E-state index contributed by atoms with van der Waals surface area (Å²) in [5.41, 5.74) is 0. The van der Waals surface area contributed by atoms with Crippen LogP contribution in [0.4, 0.5) is 0 Å². The van der Waals surface area contributed by atoms with E-state index in [4.69, 9.17) is 0 Å². The minimum Gasteiger partial charge on any atom is -0.300 e. The number of halogens is 1. The van der Waals surface area contributed by atoms with Gasteiger partial charge in [-0.25, -0.2) is 0 Å². The molecule has 0 aromatic carbocycles. The lowest BCUT2D eigenvalue weighted by molar-refractivity contribution is 0.303. The molecule has 2 heteroatoms. The quantitative estimate of drug-likeness (QED) is 0.555. The van der Waals surface area contributed by atoms with Gasteiger partial charge in [0.1, 0.15) is 0 Å². The van der Waals surface area contributed by atoms with Crippen LogP contribution in [0.3, 0.4) is 0 Å². The van der Waals surface area contributed by atoms with Crippen LogP contribution in [-0.4, -0.2) is 24.5 Å². The number of rotatable bonds is 3. The first kappa shape index (κ1) is 11.7. The van der Waals surface area contributed by atoms with E-state index in [9.17, 15) is 0 Å². The van der Waals surface area contributed by atoms with Crippen LogP contribution in [0, 0.1) is 0 Å². The summed E-state index contributed by atoms with van der Waals surface area (Å²) < 4.78 is 0. The summed E-state index contributed by atoms with van der Waals surface area (Å²) in [4.78, 5) is 2.23. The van der Waals surface area contributed by atoms with Crippen LogP contribution in [0.2, 0.25) is 0 Å². The smallest absolute Gasteiger partial charge is 0.0160 e. The van der Waals surface area contributed by atoms with Crippen LogP contribution in [-0.2, 0) is 0 Å². The summed E-state index contributed by atoms with van der Waals surface area (Å²) in [5, 5.41) is 0. The van der Waals surface area contributed by atoms with Gasteiger partial charge in [-0.05, 0) is 20.9 Å². The molecule has 0 saturated heterocycles. The molecule has 0 amide bonds. The standard InChI is InChI=1S/C7H15N.ClH/c1-5-6-8(4)7(2)3;/h5,7H,1,6H2,2-4H3;1H. The van der Waals surface area contributed by atoms with E-state index in [1.165, 1.54) is 0 Å². The Balaban J connectivity index is 0. The molecule has 0 radical (unpaired) electrons. The second-order valence-corrected chi connectivity index (χ2v) is 2.32. The first-order valence-corrected chi connectivity index (χ1v) is 2.99. The molecular weight excluding hydrogens is 134 g/mol. The Morgan fingerprint density at radius 3 is 2.11 bits per heavy atom. The zero-order valence-corrected chi connectivity index (χ0v) is 7.24. The van der Waals surface area contributed by atoms with Crippen molar-refractivity contribution in [2.75, 3.05) is 13.6 Å². The van der Waals surface area contributed by atoms with Crippen LogP contribution in [0.15, 0.2) is 12.7 Å². The molecule has 0 aliphatic rings. The zero-order chi connectivity index (χ0) is 6.57. The van der Waals surface area contributed by atoms with Crippen molar-refractivity contribution in [1.82, 2.24) is 4.90 Å². The van der Waals surface area contributed by atoms with Crippen molar-refractivity contribution in [1.29, 1.82) is 0 Å². The van der Waals surface area contributed by atoms with E-state index >= 15 is 0 Å². The van der Waals surface area contributed by atoms with Gasteiger partial charge in [-0.2, -0.15) is 0 Å². The predicted molar refractivity (Wildman–Crippen MR) is 45.2 cm³/mol. The lowest BCUT2D eigenvalue weighted by Crippen LogP contribution is -2.25. The van der Waals surface area contributed by atoms with Crippen LogP contribution in [0.25, 0.3) is 0 Å². The molecule has 0 fully saturated rings. The van der Waals surface area contributed by atoms with Crippen LogP contribution in [0.5, 0.6) is 0 Å². The van der Waals surface area contributed by atoms with Gasteiger partial charge in [0.15, 0.2) is 0 Å². The van der Waals surface area contributed by atoms with E-state index in [0.29, 0.717) is 6.04 Å². The maximum absolute atomic E-state index is 3.64. The molecule has 0 aliphatic carbocycles. The van der Waals surface area contributed by atoms with E-state index in [-0.39, 0.29) is 12.4 Å². The number of hydrogen-bond acceptors (Lipinski definition) is 1. The Hall–Kier alpha value is -0.0100. The Kier molecular flexibility index (Phi) is 7.98. The van der Waals surface area contributed by atoms with Crippen molar-refractivity contribution in [2.24, 2.45) is 0 Å². The Labute approximate surface area is 64.2 Å². The number of nitrogens with zero attached hydrogens (tertiary/aromatic N) is 1. The number of hydrogen-bond donors (Lipinski definition) is 0. The average molecular weight is 150 g/mol. The fourth-order valence-electron chi connectivity index (χ4n) is 0.414. The first-order valence-electron chi connectivity index (χ1n) is 2.99. The van der Waals surface area contributed by atoms with Gasteiger partial charge in [0, 0.05) is 12.6 Å². The molecule has 1 nitrogen and oxygen atoms in total. The monoisotopic (exact) mass is 149 g/mol. The largest absolute Gasteiger partial charge is 0.300 e. The highest BCUT2D eigenvalue weighted by Crippen LogP contribution is 1.90. The third-order valence-corrected chi connectivity index (χ3v) is 1.30. The van der Waals surface area contributed by atoms with Crippen molar-refractivity contribution in [2.45, 2.75) is 19.9 Å². The van der Waals surface area contributed by atoms with E-state index < -0.39 is 0 Å². The summed E-state index contributed by atoms with van der Waals surface area (Å²) in [7, 11) is 2.09. The molecule has 0 aromatic heterocycles. The lowest BCUT2D eigenvalue weighted by atomic mass is 10.3. The summed E-state index contributed by atoms with van der Waals surface area (Å²) in [6.45, 7) is 8.97. The summed E-state index contributed by atoms with van der Waals surface area (Å²) in [6, 6.07) is 0.632.